The van der Waals surface area contributed by atoms with E-state index in [2.05, 4.69) is 55.3 Å². The molecule has 1 amide bonds. The van der Waals surface area contributed by atoms with E-state index in [4.69, 9.17) is 0 Å². The predicted octanol–water partition coefficient (Wildman–Crippen LogP) is 2.69. The number of fused-ring (bicyclic) bond motifs is 1. The first-order valence-corrected chi connectivity index (χ1v) is 8.06. The van der Waals surface area contributed by atoms with Crippen LogP contribution in [0.4, 0.5) is 0 Å². The van der Waals surface area contributed by atoms with Gasteiger partial charge in [-0.25, -0.2) is 0 Å². The standard InChI is InChI=1S/C18H26N2O/c1-13(14-8-9-14)19-17(21)11-20-10-15-6-4-5-7-16(15)18(2,3)12-20/h4-7,13-14H,8-12H2,1-3H3,(H,19,21). The van der Waals surface area contributed by atoms with E-state index in [-0.39, 0.29) is 11.3 Å². The summed E-state index contributed by atoms with van der Waals surface area (Å²) in [6.45, 7) is 8.99. The summed E-state index contributed by atoms with van der Waals surface area (Å²) in [6.07, 6.45) is 2.54. The molecule has 1 saturated carbocycles. The van der Waals surface area contributed by atoms with E-state index >= 15 is 0 Å². The Morgan fingerprint density at radius 3 is 2.81 bits per heavy atom. The van der Waals surface area contributed by atoms with Crippen LogP contribution in [0.1, 0.15) is 44.7 Å². The lowest BCUT2D eigenvalue weighted by Crippen LogP contribution is -2.47. The van der Waals surface area contributed by atoms with Gasteiger partial charge in [-0.15, -0.1) is 0 Å². The average Bonchev–Trinajstić information content (AvgIpc) is 3.21. The normalized spacial score (nSPS) is 22.4. The van der Waals surface area contributed by atoms with Gasteiger partial charge in [0.1, 0.15) is 0 Å². The number of amides is 1. The van der Waals surface area contributed by atoms with Crippen molar-refractivity contribution in [3.8, 4) is 0 Å². The lowest BCUT2D eigenvalue weighted by atomic mass is 9.78. The molecule has 0 aromatic heterocycles. The Morgan fingerprint density at radius 1 is 1.38 bits per heavy atom. The highest BCUT2D eigenvalue weighted by Crippen LogP contribution is 2.33. The second-order valence-electron chi connectivity index (χ2n) is 7.38. The second kappa shape index (κ2) is 5.45. The van der Waals surface area contributed by atoms with E-state index in [1.165, 1.54) is 24.0 Å². The van der Waals surface area contributed by atoms with Crippen LogP contribution in [0.25, 0.3) is 0 Å². The molecule has 2 aliphatic rings. The van der Waals surface area contributed by atoms with Crippen LogP contribution in [0.3, 0.4) is 0 Å². The fraction of sp³-hybridized carbons (Fsp3) is 0.611. The zero-order chi connectivity index (χ0) is 15.0. The molecule has 0 saturated heterocycles. The second-order valence-corrected chi connectivity index (χ2v) is 7.38. The predicted molar refractivity (Wildman–Crippen MR) is 85.1 cm³/mol. The van der Waals surface area contributed by atoms with E-state index in [0.717, 1.165) is 13.1 Å². The minimum Gasteiger partial charge on any atom is -0.352 e. The van der Waals surface area contributed by atoms with Crippen molar-refractivity contribution < 1.29 is 4.79 Å². The van der Waals surface area contributed by atoms with Gasteiger partial charge in [-0.2, -0.15) is 0 Å². The molecule has 1 N–H and O–H groups in total. The highest BCUT2D eigenvalue weighted by molar-refractivity contribution is 5.78. The average molecular weight is 286 g/mol. The van der Waals surface area contributed by atoms with Crippen molar-refractivity contribution in [1.82, 2.24) is 10.2 Å². The number of carbonyl (C=O) groups is 1. The van der Waals surface area contributed by atoms with Crippen LogP contribution in [0.5, 0.6) is 0 Å². The van der Waals surface area contributed by atoms with Crippen molar-refractivity contribution in [1.29, 1.82) is 0 Å². The molecular weight excluding hydrogens is 260 g/mol. The van der Waals surface area contributed by atoms with Crippen molar-refractivity contribution in [2.75, 3.05) is 13.1 Å². The molecule has 0 radical (unpaired) electrons. The van der Waals surface area contributed by atoms with E-state index in [0.29, 0.717) is 18.5 Å². The Balaban J connectivity index is 1.63. The Morgan fingerprint density at radius 2 is 2.10 bits per heavy atom. The summed E-state index contributed by atoms with van der Waals surface area (Å²) in [5, 5.41) is 3.16. The molecule has 1 aromatic carbocycles. The highest BCUT2D eigenvalue weighted by atomic mass is 16.2. The number of hydrogen-bond donors (Lipinski definition) is 1. The van der Waals surface area contributed by atoms with Crippen molar-refractivity contribution in [2.45, 2.75) is 51.6 Å². The van der Waals surface area contributed by atoms with Gasteiger partial charge in [0, 0.05) is 24.5 Å². The topological polar surface area (TPSA) is 32.3 Å². The molecule has 1 aliphatic heterocycles. The fourth-order valence-electron chi connectivity index (χ4n) is 3.59. The summed E-state index contributed by atoms with van der Waals surface area (Å²) < 4.78 is 0. The first-order valence-electron chi connectivity index (χ1n) is 8.06. The minimum atomic E-state index is 0.108. The molecule has 1 aliphatic carbocycles. The van der Waals surface area contributed by atoms with Gasteiger partial charge in [-0.3, -0.25) is 9.69 Å². The summed E-state index contributed by atoms with van der Waals surface area (Å²) in [5.74, 6) is 0.886. The third-order valence-corrected chi connectivity index (χ3v) is 4.84. The van der Waals surface area contributed by atoms with Gasteiger partial charge in [0.15, 0.2) is 0 Å². The lowest BCUT2D eigenvalue weighted by molar-refractivity contribution is -0.123. The van der Waals surface area contributed by atoms with Gasteiger partial charge in [-0.05, 0) is 36.8 Å². The molecule has 3 nitrogen and oxygen atoms in total. The van der Waals surface area contributed by atoms with Crippen LogP contribution in [0, 0.1) is 5.92 Å². The van der Waals surface area contributed by atoms with Crippen LogP contribution < -0.4 is 5.32 Å². The minimum absolute atomic E-state index is 0.108. The maximum Gasteiger partial charge on any atom is 0.234 e. The highest BCUT2D eigenvalue weighted by Gasteiger charge is 2.33. The van der Waals surface area contributed by atoms with Crippen molar-refractivity contribution in [3.63, 3.8) is 0 Å². The molecule has 1 heterocycles. The fourth-order valence-corrected chi connectivity index (χ4v) is 3.59. The van der Waals surface area contributed by atoms with Crippen molar-refractivity contribution in [3.05, 3.63) is 35.4 Å². The molecule has 3 rings (SSSR count). The summed E-state index contributed by atoms with van der Waals surface area (Å²) >= 11 is 0. The lowest BCUT2D eigenvalue weighted by Gasteiger charge is -2.39. The molecular formula is C18H26N2O. The van der Waals surface area contributed by atoms with Crippen LogP contribution in [0.15, 0.2) is 24.3 Å². The first-order chi connectivity index (χ1) is 9.95. The molecule has 0 spiro atoms. The molecule has 114 valence electrons. The zero-order valence-corrected chi connectivity index (χ0v) is 13.4. The monoisotopic (exact) mass is 286 g/mol. The summed E-state index contributed by atoms with van der Waals surface area (Å²) in [4.78, 5) is 14.5. The number of nitrogens with one attached hydrogen (secondary N) is 1. The summed E-state index contributed by atoms with van der Waals surface area (Å²) in [5.41, 5.74) is 2.89. The molecule has 1 unspecified atom stereocenters. The quantitative estimate of drug-likeness (QED) is 0.923. The first kappa shape index (κ1) is 14.6. The Kier molecular flexibility index (Phi) is 3.78. The molecule has 1 fully saturated rings. The van der Waals surface area contributed by atoms with Crippen LogP contribution in [-0.4, -0.2) is 29.9 Å². The molecule has 21 heavy (non-hydrogen) atoms. The van der Waals surface area contributed by atoms with Crippen molar-refractivity contribution >= 4 is 5.91 Å². The van der Waals surface area contributed by atoms with E-state index in [1.807, 2.05) is 0 Å². The van der Waals surface area contributed by atoms with Crippen molar-refractivity contribution in [2.24, 2.45) is 5.92 Å². The SMILES string of the molecule is CC(NC(=O)CN1Cc2ccccc2C(C)(C)C1)C1CC1. The Labute approximate surface area is 127 Å². The maximum absolute atomic E-state index is 12.2. The number of nitrogens with zero attached hydrogens (tertiary/aromatic N) is 1. The van der Waals surface area contributed by atoms with Gasteiger partial charge < -0.3 is 5.32 Å². The van der Waals surface area contributed by atoms with Gasteiger partial charge in [-0.1, -0.05) is 38.1 Å². The van der Waals surface area contributed by atoms with Gasteiger partial charge in [0.25, 0.3) is 0 Å². The molecule has 1 aromatic rings. The van der Waals surface area contributed by atoms with Gasteiger partial charge in [0.2, 0.25) is 5.91 Å². The van der Waals surface area contributed by atoms with Crippen LogP contribution in [-0.2, 0) is 16.8 Å². The number of carbonyl (C=O) groups excluding carboxylic acids is 1. The molecule has 0 bridgehead atoms. The summed E-state index contributed by atoms with van der Waals surface area (Å²) in [7, 11) is 0. The third kappa shape index (κ3) is 3.29. The largest absolute Gasteiger partial charge is 0.352 e. The number of rotatable bonds is 4. The molecule has 3 heteroatoms. The number of hydrogen-bond acceptors (Lipinski definition) is 2. The Bertz CT molecular complexity index is 534. The zero-order valence-electron chi connectivity index (χ0n) is 13.4. The van der Waals surface area contributed by atoms with Crippen LogP contribution >= 0.6 is 0 Å². The maximum atomic E-state index is 12.2. The number of benzene rings is 1. The summed E-state index contributed by atoms with van der Waals surface area (Å²) in [6, 6.07) is 8.95. The third-order valence-electron chi connectivity index (χ3n) is 4.84. The van der Waals surface area contributed by atoms with Crippen LogP contribution in [0.2, 0.25) is 0 Å². The van der Waals surface area contributed by atoms with E-state index in [1.54, 1.807) is 0 Å². The van der Waals surface area contributed by atoms with E-state index in [9.17, 15) is 4.79 Å². The molecule has 1 atom stereocenters. The van der Waals surface area contributed by atoms with Gasteiger partial charge in [0.05, 0.1) is 6.54 Å². The van der Waals surface area contributed by atoms with E-state index < -0.39 is 0 Å². The smallest absolute Gasteiger partial charge is 0.234 e. The Hall–Kier alpha value is -1.35. The van der Waals surface area contributed by atoms with Gasteiger partial charge >= 0.3 is 0 Å².